The molecule has 0 aromatic rings. The summed E-state index contributed by atoms with van der Waals surface area (Å²) in [6.45, 7) is 2.10. The minimum absolute atomic E-state index is 0.110. The molecule has 0 unspecified atom stereocenters. The van der Waals surface area contributed by atoms with Crippen molar-refractivity contribution in [2.75, 3.05) is 26.7 Å². The largest absolute Gasteiger partial charge is 0.492 e. The number of hydrogen-bond donors (Lipinski definition) is 0. The zero-order valence-corrected chi connectivity index (χ0v) is 12.3. The Kier molecular flexibility index (Phi) is 3.01. The van der Waals surface area contributed by atoms with Gasteiger partial charge in [0.15, 0.2) is 5.76 Å². The molecule has 0 radical (unpaired) electrons. The molecule has 112 valence electrons. The van der Waals surface area contributed by atoms with Crippen molar-refractivity contribution in [3.05, 3.63) is 34.8 Å². The van der Waals surface area contributed by atoms with Crippen molar-refractivity contribution >= 4 is 6.34 Å². The van der Waals surface area contributed by atoms with Crippen molar-refractivity contribution < 1.29 is 9.13 Å². The zero-order chi connectivity index (χ0) is 14.4. The molecule has 0 spiro atoms. The van der Waals surface area contributed by atoms with Crippen LogP contribution in [-0.4, -0.2) is 42.9 Å². The van der Waals surface area contributed by atoms with E-state index >= 15 is 0 Å². The first-order valence-electron chi connectivity index (χ1n) is 7.72. The molecule has 1 saturated heterocycles. The highest BCUT2D eigenvalue weighted by atomic mass is 19.1. The molecule has 4 aliphatic rings. The second-order valence-electron chi connectivity index (χ2n) is 6.08. The SMILES string of the molecule is COC1=C2C(C3CC3)=CN=CN2CC(F)=C1N1CCCC1. The first kappa shape index (κ1) is 12.9. The molecule has 3 heterocycles. The van der Waals surface area contributed by atoms with Crippen molar-refractivity contribution in [3.63, 3.8) is 0 Å². The molecule has 3 aliphatic heterocycles. The van der Waals surface area contributed by atoms with Crippen LogP contribution in [0, 0.1) is 5.92 Å². The molecule has 0 aromatic carbocycles. The maximum Gasteiger partial charge on any atom is 0.168 e. The summed E-state index contributed by atoms with van der Waals surface area (Å²) in [7, 11) is 1.64. The lowest BCUT2D eigenvalue weighted by atomic mass is 10.0. The van der Waals surface area contributed by atoms with Crippen molar-refractivity contribution in [2.45, 2.75) is 25.7 Å². The quantitative estimate of drug-likeness (QED) is 0.799. The van der Waals surface area contributed by atoms with Crippen molar-refractivity contribution in [2.24, 2.45) is 10.9 Å². The normalized spacial score (nSPS) is 25.5. The topological polar surface area (TPSA) is 28.1 Å². The first-order valence-corrected chi connectivity index (χ1v) is 7.72. The van der Waals surface area contributed by atoms with E-state index in [4.69, 9.17) is 4.74 Å². The van der Waals surface area contributed by atoms with Gasteiger partial charge in [0.05, 0.1) is 25.7 Å². The summed E-state index contributed by atoms with van der Waals surface area (Å²) in [4.78, 5) is 8.30. The number of nitrogens with zero attached hydrogens (tertiary/aromatic N) is 3. The van der Waals surface area contributed by atoms with Gasteiger partial charge in [0.25, 0.3) is 0 Å². The Labute approximate surface area is 124 Å². The van der Waals surface area contributed by atoms with E-state index in [1.54, 1.807) is 13.4 Å². The Morgan fingerprint density at radius 1 is 1.24 bits per heavy atom. The number of hydrogen-bond acceptors (Lipinski definition) is 4. The Hall–Kier alpha value is -1.78. The number of likely N-dealkylation sites (tertiary alicyclic amines) is 1. The molecule has 0 N–H and O–H groups in total. The minimum atomic E-state index is -0.110. The van der Waals surface area contributed by atoms with E-state index in [1.165, 1.54) is 18.4 Å². The number of aliphatic imine (C=N–C) groups is 1. The monoisotopic (exact) mass is 289 g/mol. The van der Waals surface area contributed by atoms with Gasteiger partial charge in [-0.1, -0.05) is 0 Å². The lowest BCUT2D eigenvalue weighted by Crippen LogP contribution is -2.36. The van der Waals surface area contributed by atoms with Crippen LogP contribution in [0.5, 0.6) is 0 Å². The summed E-state index contributed by atoms with van der Waals surface area (Å²) in [6.07, 6.45) is 8.27. The van der Waals surface area contributed by atoms with Gasteiger partial charge in [0.2, 0.25) is 0 Å². The fourth-order valence-electron chi connectivity index (χ4n) is 3.46. The molecule has 0 aromatic heterocycles. The third kappa shape index (κ3) is 2.06. The smallest absolute Gasteiger partial charge is 0.168 e. The van der Waals surface area contributed by atoms with Crippen LogP contribution in [0.15, 0.2) is 39.7 Å². The van der Waals surface area contributed by atoms with Crippen molar-refractivity contribution in [3.8, 4) is 0 Å². The van der Waals surface area contributed by atoms with Gasteiger partial charge in [-0.15, -0.1) is 0 Å². The fraction of sp³-hybridized carbons (Fsp3) is 0.562. The summed E-state index contributed by atoms with van der Waals surface area (Å²) < 4.78 is 20.3. The third-order valence-electron chi connectivity index (χ3n) is 4.62. The van der Waals surface area contributed by atoms with Crippen LogP contribution < -0.4 is 0 Å². The Balaban J connectivity index is 1.81. The molecule has 0 bridgehead atoms. The zero-order valence-electron chi connectivity index (χ0n) is 12.3. The third-order valence-corrected chi connectivity index (χ3v) is 4.62. The Morgan fingerprint density at radius 2 is 2.00 bits per heavy atom. The van der Waals surface area contributed by atoms with Crippen LogP contribution in [0.25, 0.3) is 0 Å². The van der Waals surface area contributed by atoms with Gasteiger partial charge < -0.3 is 14.5 Å². The standard InChI is InChI=1S/C16H20FN3O/c1-21-16-14-12(11-4-5-11)8-18-10-20(14)9-13(17)15(16)19-6-2-3-7-19/h8,10-11H,2-7,9H2,1H3. The molecule has 1 aliphatic carbocycles. The molecule has 4 nitrogen and oxygen atoms in total. The van der Waals surface area contributed by atoms with E-state index < -0.39 is 0 Å². The van der Waals surface area contributed by atoms with Crippen LogP contribution in [0.3, 0.4) is 0 Å². The minimum Gasteiger partial charge on any atom is -0.492 e. The van der Waals surface area contributed by atoms with Gasteiger partial charge >= 0.3 is 0 Å². The highest BCUT2D eigenvalue weighted by molar-refractivity contribution is 5.68. The van der Waals surface area contributed by atoms with Gasteiger partial charge in [-0.3, -0.25) is 0 Å². The molecule has 5 heteroatoms. The maximum atomic E-state index is 14.7. The number of methoxy groups -OCH3 is 1. The molecule has 2 fully saturated rings. The molecular formula is C16H20FN3O. The number of ether oxygens (including phenoxy) is 1. The molecule has 21 heavy (non-hydrogen) atoms. The Morgan fingerprint density at radius 3 is 2.67 bits per heavy atom. The van der Waals surface area contributed by atoms with Crippen LogP contribution in [-0.2, 0) is 4.74 Å². The van der Waals surface area contributed by atoms with E-state index in [9.17, 15) is 4.39 Å². The van der Waals surface area contributed by atoms with E-state index in [2.05, 4.69) is 9.89 Å². The van der Waals surface area contributed by atoms with Gasteiger partial charge in [-0.25, -0.2) is 9.38 Å². The predicted octanol–water partition coefficient (Wildman–Crippen LogP) is 2.77. The number of allylic oxidation sites excluding steroid dienone is 1. The van der Waals surface area contributed by atoms with Gasteiger partial charge in [-0.05, 0) is 31.6 Å². The molecule has 0 atom stereocenters. The van der Waals surface area contributed by atoms with E-state index in [0.29, 0.717) is 17.4 Å². The number of rotatable bonds is 3. The highest BCUT2D eigenvalue weighted by Gasteiger charge is 2.39. The predicted molar refractivity (Wildman–Crippen MR) is 79.0 cm³/mol. The second kappa shape index (κ2) is 4.90. The molecule has 1 saturated carbocycles. The van der Waals surface area contributed by atoms with Crippen LogP contribution in [0.4, 0.5) is 4.39 Å². The van der Waals surface area contributed by atoms with Gasteiger partial charge in [0, 0.05) is 24.9 Å². The summed E-state index contributed by atoms with van der Waals surface area (Å²) >= 11 is 0. The molecule has 4 rings (SSSR count). The van der Waals surface area contributed by atoms with E-state index in [0.717, 1.165) is 31.6 Å². The van der Waals surface area contributed by atoms with E-state index in [-0.39, 0.29) is 12.4 Å². The summed E-state index contributed by atoms with van der Waals surface area (Å²) in [5.41, 5.74) is 2.90. The molecular weight excluding hydrogens is 269 g/mol. The van der Waals surface area contributed by atoms with Gasteiger partial charge in [0.1, 0.15) is 11.5 Å². The van der Waals surface area contributed by atoms with Crippen LogP contribution >= 0.6 is 0 Å². The van der Waals surface area contributed by atoms with Crippen LogP contribution in [0.1, 0.15) is 25.7 Å². The van der Waals surface area contributed by atoms with Gasteiger partial charge in [-0.2, -0.15) is 0 Å². The maximum absolute atomic E-state index is 14.7. The average molecular weight is 289 g/mol. The summed E-state index contributed by atoms with van der Waals surface area (Å²) in [6, 6.07) is 0. The van der Waals surface area contributed by atoms with Crippen molar-refractivity contribution in [1.82, 2.24) is 9.80 Å². The lowest BCUT2D eigenvalue weighted by Gasteiger charge is -2.36. The molecule has 0 amide bonds. The highest BCUT2D eigenvalue weighted by Crippen LogP contribution is 2.45. The average Bonchev–Trinajstić information content (AvgIpc) is 3.20. The number of halogens is 1. The van der Waals surface area contributed by atoms with Crippen molar-refractivity contribution in [1.29, 1.82) is 0 Å². The lowest BCUT2D eigenvalue weighted by molar-refractivity contribution is 0.238. The van der Waals surface area contributed by atoms with E-state index in [1.807, 2.05) is 11.1 Å². The Bertz CT molecular complexity index is 580. The fourth-order valence-corrected chi connectivity index (χ4v) is 3.46. The first-order chi connectivity index (χ1) is 10.3. The summed E-state index contributed by atoms with van der Waals surface area (Å²) in [5.74, 6) is 1.14. The summed E-state index contributed by atoms with van der Waals surface area (Å²) in [5, 5.41) is 0. The number of fused-ring (bicyclic) bond motifs is 1. The second-order valence-corrected chi connectivity index (χ2v) is 6.08. The van der Waals surface area contributed by atoms with Crippen LogP contribution in [0.2, 0.25) is 0 Å².